The van der Waals surface area contributed by atoms with E-state index in [-0.39, 0.29) is 28.6 Å². The molecular formula is C25H28F2N2O3. The van der Waals surface area contributed by atoms with Crippen LogP contribution in [0.2, 0.25) is 0 Å². The third-order valence-electron chi connectivity index (χ3n) is 5.19. The van der Waals surface area contributed by atoms with Crippen molar-refractivity contribution < 1.29 is 23.8 Å². The van der Waals surface area contributed by atoms with Crippen molar-refractivity contribution in [2.24, 2.45) is 11.3 Å². The summed E-state index contributed by atoms with van der Waals surface area (Å²) in [7, 11) is 0. The average molecular weight is 443 g/mol. The van der Waals surface area contributed by atoms with E-state index in [1.807, 2.05) is 0 Å². The Balaban J connectivity index is 0.00000363. The highest BCUT2D eigenvalue weighted by atomic mass is 19.1. The molecule has 0 spiro atoms. The van der Waals surface area contributed by atoms with Crippen molar-refractivity contribution in [3.8, 4) is 11.8 Å². The predicted octanol–water partition coefficient (Wildman–Crippen LogP) is 4.65. The van der Waals surface area contributed by atoms with Gasteiger partial charge in [-0.05, 0) is 43.2 Å². The first kappa shape index (κ1) is 25.0. The second-order valence-electron chi connectivity index (χ2n) is 8.81. The molecule has 2 amide bonds. The normalized spacial score (nSPS) is 13.5. The van der Waals surface area contributed by atoms with Gasteiger partial charge in [-0.2, -0.15) is 0 Å². The molecule has 1 fully saturated rings. The quantitative estimate of drug-likeness (QED) is 0.678. The van der Waals surface area contributed by atoms with Gasteiger partial charge in [0, 0.05) is 28.7 Å². The number of nitrogens with one attached hydrogen (secondary N) is 2. The van der Waals surface area contributed by atoms with Crippen LogP contribution in [-0.4, -0.2) is 17.3 Å². The zero-order valence-electron chi connectivity index (χ0n) is 18.4. The lowest BCUT2D eigenvalue weighted by atomic mass is 9.95. The zero-order chi connectivity index (χ0) is 22.6. The Kier molecular flexibility index (Phi) is 8.12. The van der Waals surface area contributed by atoms with Gasteiger partial charge in [0.05, 0.1) is 11.3 Å². The van der Waals surface area contributed by atoms with Crippen molar-refractivity contribution in [2.45, 2.75) is 46.5 Å². The molecule has 170 valence electrons. The summed E-state index contributed by atoms with van der Waals surface area (Å²) in [6, 6.07) is 8.73. The molecule has 0 aromatic heterocycles. The third-order valence-corrected chi connectivity index (χ3v) is 5.19. The van der Waals surface area contributed by atoms with Gasteiger partial charge in [-0.25, -0.2) is 8.78 Å². The van der Waals surface area contributed by atoms with Crippen molar-refractivity contribution >= 4 is 23.2 Å². The number of carbonyl (C=O) groups is 2. The molecule has 1 aliphatic rings. The molecule has 32 heavy (non-hydrogen) atoms. The first-order valence-electron chi connectivity index (χ1n) is 10.4. The maximum absolute atomic E-state index is 14.3. The van der Waals surface area contributed by atoms with Gasteiger partial charge < -0.3 is 16.1 Å². The van der Waals surface area contributed by atoms with Gasteiger partial charge in [0.2, 0.25) is 11.8 Å². The fourth-order valence-electron chi connectivity index (χ4n) is 3.31. The summed E-state index contributed by atoms with van der Waals surface area (Å²) in [6.07, 6.45) is 4.03. The second-order valence-corrected chi connectivity index (χ2v) is 8.81. The topological polar surface area (TPSA) is 89.7 Å². The summed E-state index contributed by atoms with van der Waals surface area (Å²) in [6.45, 7) is 5.09. The van der Waals surface area contributed by atoms with E-state index in [1.54, 1.807) is 45.0 Å². The van der Waals surface area contributed by atoms with Gasteiger partial charge in [0.1, 0.15) is 5.82 Å². The Morgan fingerprint density at radius 1 is 0.969 bits per heavy atom. The first-order chi connectivity index (χ1) is 14.6. The Bertz CT molecular complexity index is 1040. The van der Waals surface area contributed by atoms with E-state index < -0.39 is 23.0 Å². The van der Waals surface area contributed by atoms with Gasteiger partial charge in [-0.3, -0.25) is 9.59 Å². The van der Waals surface area contributed by atoms with Gasteiger partial charge in [-0.1, -0.05) is 45.5 Å². The summed E-state index contributed by atoms with van der Waals surface area (Å²) in [4.78, 5) is 24.5. The molecule has 0 heterocycles. The number of halogens is 2. The Hall–Kier alpha value is -3.24. The van der Waals surface area contributed by atoms with Crippen LogP contribution in [0.5, 0.6) is 0 Å². The minimum Gasteiger partial charge on any atom is -0.412 e. The molecule has 0 unspecified atom stereocenters. The largest absolute Gasteiger partial charge is 0.412 e. The number of rotatable bonds is 3. The van der Waals surface area contributed by atoms with E-state index in [4.69, 9.17) is 0 Å². The molecule has 0 saturated heterocycles. The van der Waals surface area contributed by atoms with Crippen molar-refractivity contribution in [1.82, 2.24) is 0 Å². The van der Waals surface area contributed by atoms with E-state index in [2.05, 4.69) is 22.5 Å². The molecule has 2 aromatic rings. The number of amides is 2. The van der Waals surface area contributed by atoms with Crippen molar-refractivity contribution in [3.05, 3.63) is 59.2 Å². The number of benzene rings is 2. The van der Waals surface area contributed by atoms with Gasteiger partial charge in [-0.15, -0.1) is 0 Å². The Labute approximate surface area is 186 Å². The molecule has 4 N–H and O–H groups in total. The molecular weight excluding hydrogens is 414 g/mol. The number of anilines is 2. The van der Waals surface area contributed by atoms with E-state index in [0.29, 0.717) is 17.3 Å². The summed E-state index contributed by atoms with van der Waals surface area (Å²) in [5, 5.41) is 5.42. The lowest BCUT2D eigenvalue weighted by Gasteiger charge is -2.18. The van der Waals surface area contributed by atoms with Crippen LogP contribution in [0.3, 0.4) is 0 Å². The van der Waals surface area contributed by atoms with Crippen LogP contribution in [0.15, 0.2) is 36.4 Å². The highest BCUT2D eigenvalue weighted by Crippen LogP contribution is 2.26. The fraction of sp³-hybridized carbons (Fsp3) is 0.360. The SMILES string of the molecule is CC(C)(C)C(=O)Nc1c(F)cc(F)cc1C#Cc1ccc(NC(=O)C2CCCC2)cc1.O. The Morgan fingerprint density at radius 2 is 1.59 bits per heavy atom. The van der Waals surface area contributed by atoms with Crippen molar-refractivity contribution in [1.29, 1.82) is 0 Å². The molecule has 0 bridgehead atoms. The van der Waals surface area contributed by atoms with Crippen LogP contribution in [-0.2, 0) is 9.59 Å². The van der Waals surface area contributed by atoms with E-state index in [1.165, 1.54) is 0 Å². The number of hydrogen-bond acceptors (Lipinski definition) is 2. The summed E-state index contributed by atoms with van der Waals surface area (Å²) >= 11 is 0. The van der Waals surface area contributed by atoms with E-state index >= 15 is 0 Å². The third kappa shape index (κ3) is 6.38. The predicted molar refractivity (Wildman–Crippen MR) is 121 cm³/mol. The minimum absolute atomic E-state index is 0. The molecule has 1 aliphatic carbocycles. The zero-order valence-corrected chi connectivity index (χ0v) is 18.4. The summed E-state index contributed by atoms with van der Waals surface area (Å²) < 4.78 is 28.1. The van der Waals surface area contributed by atoms with Gasteiger partial charge >= 0.3 is 0 Å². The lowest BCUT2D eigenvalue weighted by Crippen LogP contribution is -2.28. The van der Waals surface area contributed by atoms with Crippen LogP contribution in [0.4, 0.5) is 20.2 Å². The van der Waals surface area contributed by atoms with Crippen LogP contribution < -0.4 is 10.6 Å². The van der Waals surface area contributed by atoms with Crippen LogP contribution in [0.25, 0.3) is 0 Å². The fourth-order valence-corrected chi connectivity index (χ4v) is 3.31. The molecule has 5 nitrogen and oxygen atoms in total. The minimum atomic E-state index is -0.883. The maximum Gasteiger partial charge on any atom is 0.229 e. The average Bonchev–Trinajstić information content (AvgIpc) is 3.24. The van der Waals surface area contributed by atoms with E-state index in [0.717, 1.165) is 31.7 Å². The maximum atomic E-state index is 14.3. The van der Waals surface area contributed by atoms with Gasteiger partial charge in [0.15, 0.2) is 5.82 Å². The molecule has 1 saturated carbocycles. The number of hydrogen-bond donors (Lipinski definition) is 2. The molecule has 3 rings (SSSR count). The highest BCUT2D eigenvalue weighted by molar-refractivity contribution is 5.96. The second kappa shape index (κ2) is 10.4. The monoisotopic (exact) mass is 442 g/mol. The smallest absolute Gasteiger partial charge is 0.229 e. The number of carbonyl (C=O) groups excluding carboxylic acids is 2. The van der Waals surface area contributed by atoms with Crippen LogP contribution in [0.1, 0.15) is 57.6 Å². The van der Waals surface area contributed by atoms with Gasteiger partial charge in [0.25, 0.3) is 0 Å². The van der Waals surface area contributed by atoms with Crippen molar-refractivity contribution in [3.63, 3.8) is 0 Å². The van der Waals surface area contributed by atoms with E-state index in [9.17, 15) is 18.4 Å². The molecule has 2 aromatic carbocycles. The highest BCUT2D eigenvalue weighted by Gasteiger charge is 2.24. The van der Waals surface area contributed by atoms with Crippen LogP contribution >= 0.6 is 0 Å². The summed E-state index contributed by atoms with van der Waals surface area (Å²) in [5.41, 5.74) is 0.446. The standard InChI is InChI=1S/C25H26F2N2O2.H2O/c1-25(2,3)24(31)29-22-18(14-19(26)15-21(22)27)11-8-16-9-12-20(13-10-16)28-23(30)17-6-4-5-7-17;/h9-10,12-15,17H,4-7H2,1-3H3,(H,28,30)(H,29,31);1H2. The molecule has 0 radical (unpaired) electrons. The van der Waals surface area contributed by atoms with Crippen LogP contribution in [0, 0.1) is 34.8 Å². The lowest BCUT2D eigenvalue weighted by molar-refractivity contribution is -0.123. The first-order valence-corrected chi connectivity index (χ1v) is 10.4. The Morgan fingerprint density at radius 3 is 2.19 bits per heavy atom. The summed E-state index contributed by atoms with van der Waals surface area (Å²) in [5.74, 6) is 3.64. The molecule has 0 aliphatic heterocycles. The van der Waals surface area contributed by atoms with Crippen molar-refractivity contribution in [2.75, 3.05) is 10.6 Å². The molecule has 0 atom stereocenters. The molecule has 7 heteroatoms.